The van der Waals surface area contributed by atoms with Crippen LogP contribution in [0.25, 0.3) is 0 Å². The number of methoxy groups -OCH3 is 1. The van der Waals surface area contributed by atoms with E-state index in [1.807, 2.05) is 26.0 Å². The van der Waals surface area contributed by atoms with Crippen LogP contribution in [-0.4, -0.2) is 19.0 Å². The van der Waals surface area contributed by atoms with Gasteiger partial charge in [0.1, 0.15) is 0 Å². The van der Waals surface area contributed by atoms with Crippen LogP contribution in [-0.2, 0) is 20.7 Å². The number of hydrogen-bond acceptors (Lipinski definition) is 3. The number of ether oxygens (including phenoxy) is 1. The minimum Gasteiger partial charge on any atom is -0.469 e. The molecule has 0 fully saturated rings. The van der Waals surface area contributed by atoms with Crippen LogP contribution in [0.3, 0.4) is 0 Å². The molecule has 0 heterocycles. The minimum absolute atomic E-state index is 0.0784. The molecule has 0 bridgehead atoms. The van der Waals surface area contributed by atoms with Crippen LogP contribution in [0.2, 0.25) is 0 Å². The van der Waals surface area contributed by atoms with Gasteiger partial charge in [-0.2, -0.15) is 0 Å². The Bertz CT molecular complexity index is 508. The zero-order valence-electron chi connectivity index (χ0n) is 12.2. The first-order valence-electron chi connectivity index (χ1n) is 6.54. The fraction of sp³-hybridized carbons (Fsp3) is 0.375. The summed E-state index contributed by atoms with van der Waals surface area (Å²) in [6, 6.07) is 7.23. The SMILES string of the molecule is C=C(C)CC(C)C(=O)Nc1ccccc1CC(=O)OC. The Hall–Kier alpha value is -2.10. The Kier molecular flexibility index (Phi) is 5.97. The van der Waals surface area contributed by atoms with Gasteiger partial charge in [-0.15, -0.1) is 6.58 Å². The van der Waals surface area contributed by atoms with E-state index in [0.717, 1.165) is 11.1 Å². The lowest BCUT2D eigenvalue weighted by atomic mass is 10.0. The number of rotatable bonds is 6. The van der Waals surface area contributed by atoms with E-state index in [-0.39, 0.29) is 24.2 Å². The zero-order chi connectivity index (χ0) is 15.1. The van der Waals surface area contributed by atoms with E-state index in [1.165, 1.54) is 7.11 Å². The van der Waals surface area contributed by atoms with Gasteiger partial charge >= 0.3 is 5.97 Å². The van der Waals surface area contributed by atoms with Crippen molar-refractivity contribution in [2.75, 3.05) is 12.4 Å². The molecule has 0 aliphatic carbocycles. The molecule has 4 nitrogen and oxygen atoms in total. The second kappa shape index (κ2) is 7.48. The van der Waals surface area contributed by atoms with Crippen LogP contribution in [0, 0.1) is 5.92 Å². The van der Waals surface area contributed by atoms with Gasteiger partial charge in [0.05, 0.1) is 13.5 Å². The molecule has 1 N–H and O–H groups in total. The zero-order valence-corrected chi connectivity index (χ0v) is 12.2. The van der Waals surface area contributed by atoms with E-state index in [9.17, 15) is 9.59 Å². The maximum Gasteiger partial charge on any atom is 0.310 e. The van der Waals surface area contributed by atoms with Crippen LogP contribution in [0.4, 0.5) is 5.69 Å². The van der Waals surface area contributed by atoms with Crippen molar-refractivity contribution in [1.82, 2.24) is 0 Å². The predicted molar refractivity (Wildman–Crippen MR) is 79.4 cm³/mol. The summed E-state index contributed by atoms with van der Waals surface area (Å²) < 4.78 is 4.65. The van der Waals surface area contributed by atoms with Crippen LogP contribution in [0.15, 0.2) is 36.4 Å². The first-order valence-corrected chi connectivity index (χ1v) is 6.54. The van der Waals surface area contributed by atoms with Gasteiger partial charge in [-0.05, 0) is 25.0 Å². The normalized spacial score (nSPS) is 11.6. The Balaban J connectivity index is 2.79. The fourth-order valence-corrected chi connectivity index (χ4v) is 1.90. The fourth-order valence-electron chi connectivity index (χ4n) is 1.90. The molecule has 20 heavy (non-hydrogen) atoms. The van der Waals surface area contributed by atoms with Gasteiger partial charge in [-0.3, -0.25) is 9.59 Å². The summed E-state index contributed by atoms with van der Waals surface area (Å²) >= 11 is 0. The van der Waals surface area contributed by atoms with E-state index < -0.39 is 0 Å². The van der Waals surface area contributed by atoms with Crippen molar-refractivity contribution >= 4 is 17.6 Å². The topological polar surface area (TPSA) is 55.4 Å². The van der Waals surface area contributed by atoms with Crippen molar-refractivity contribution in [3.05, 3.63) is 42.0 Å². The molecule has 0 radical (unpaired) electrons. The summed E-state index contributed by atoms with van der Waals surface area (Å²) in [5.74, 6) is -0.564. The van der Waals surface area contributed by atoms with Gasteiger partial charge < -0.3 is 10.1 Å². The average Bonchev–Trinajstić information content (AvgIpc) is 2.39. The number of allylic oxidation sites excluding steroid dienone is 1. The summed E-state index contributed by atoms with van der Waals surface area (Å²) in [4.78, 5) is 23.4. The predicted octanol–water partition coefficient (Wildman–Crippen LogP) is 2.94. The van der Waals surface area contributed by atoms with Crippen molar-refractivity contribution in [1.29, 1.82) is 0 Å². The second-order valence-corrected chi connectivity index (χ2v) is 4.96. The third kappa shape index (κ3) is 4.88. The highest BCUT2D eigenvalue weighted by Crippen LogP contribution is 2.18. The van der Waals surface area contributed by atoms with Gasteiger partial charge in [0.15, 0.2) is 0 Å². The lowest BCUT2D eigenvalue weighted by Crippen LogP contribution is -2.21. The van der Waals surface area contributed by atoms with Gasteiger partial charge in [-0.25, -0.2) is 0 Å². The Morgan fingerprint density at radius 2 is 2.00 bits per heavy atom. The largest absolute Gasteiger partial charge is 0.469 e. The van der Waals surface area contributed by atoms with Crippen molar-refractivity contribution in [2.45, 2.75) is 26.7 Å². The number of anilines is 1. The molecule has 1 amide bonds. The Morgan fingerprint density at radius 3 is 2.60 bits per heavy atom. The van der Waals surface area contributed by atoms with E-state index in [2.05, 4.69) is 16.6 Å². The molecule has 0 saturated heterocycles. The maximum absolute atomic E-state index is 12.1. The summed E-state index contributed by atoms with van der Waals surface area (Å²) in [5.41, 5.74) is 2.36. The number of para-hydroxylation sites is 1. The smallest absolute Gasteiger partial charge is 0.310 e. The van der Waals surface area contributed by atoms with Crippen LogP contribution in [0.1, 0.15) is 25.8 Å². The highest BCUT2D eigenvalue weighted by atomic mass is 16.5. The highest BCUT2D eigenvalue weighted by Gasteiger charge is 2.15. The van der Waals surface area contributed by atoms with Gasteiger partial charge in [0.2, 0.25) is 5.91 Å². The lowest BCUT2D eigenvalue weighted by molar-refractivity contribution is -0.139. The first kappa shape index (κ1) is 16.0. The maximum atomic E-state index is 12.1. The molecule has 1 aromatic carbocycles. The molecule has 1 atom stereocenters. The van der Waals surface area contributed by atoms with Gasteiger partial charge in [0, 0.05) is 11.6 Å². The molecule has 1 aromatic rings. The van der Waals surface area contributed by atoms with E-state index in [4.69, 9.17) is 0 Å². The summed E-state index contributed by atoms with van der Waals surface area (Å²) in [5, 5.41) is 2.86. The second-order valence-electron chi connectivity index (χ2n) is 4.96. The van der Waals surface area contributed by atoms with E-state index in [0.29, 0.717) is 12.1 Å². The average molecular weight is 275 g/mol. The first-order chi connectivity index (χ1) is 9.43. The third-order valence-electron chi connectivity index (χ3n) is 2.94. The van der Waals surface area contributed by atoms with Crippen molar-refractivity contribution in [2.24, 2.45) is 5.92 Å². The molecule has 4 heteroatoms. The molecular weight excluding hydrogens is 254 g/mol. The number of carbonyl (C=O) groups excluding carboxylic acids is 2. The molecule has 0 aliphatic heterocycles. The van der Waals surface area contributed by atoms with Gasteiger partial charge in [-0.1, -0.05) is 30.7 Å². The Labute approximate surface area is 119 Å². The highest BCUT2D eigenvalue weighted by molar-refractivity contribution is 5.93. The molecule has 108 valence electrons. The van der Waals surface area contributed by atoms with Crippen molar-refractivity contribution < 1.29 is 14.3 Å². The Morgan fingerprint density at radius 1 is 1.35 bits per heavy atom. The summed E-state index contributed by atoms with van der Waals surface area (Å²) in [6.07, 6.45) is 0.785. The van der Waals surface area contributed by atoms with E-state index in [1.54, 1.807) is 12.1 Å². The minimum atomic E-state index is -0.332. The number of amides is 1. The van der Waals surface area contributed by atoms with Gasteiger partial charge in [0.25, 0.3) is 0 Å². The quantitative estimate of drug-likeness (QED) is 0.641. The molecule has 1 rings (SSSR count). The molecule has 0 spiro atoms. The monoisotopic (exact) mass is 275 g/mol. The number of esters is 1. The van der Waals surface area contributed by atoms with Crippen LogP contribution < -0.4 is 5.32 Å². The summed E-state index contributed by atoms with van der Waals surface area (Å²) in [6.45, 7) is 7.56. The molecule has 0 aliphatic rings. The number of nitrogens with one attached hydrogen (secondary N) is 1. The number of hydrogen-bond donors (Lipinski definition) is 1. The summed E-state index contributed by atoms with van der Waals surface area (Å²) in [7, 11) is 1.35. The van der Waals surface area contributed by atoms with Crippen molar-refractivity contribution in [3.8, 4) is 0 Å². The molecular formula is C16H21NO3. The molecule has 1 unspecified atom stereocenters. The number of benzene rings is 1. The standard InChI is InChI=1S/C16H21NO3/c1-11(2)9-12(3)16(19)17-14-8-6-5-7-13(14)10-15(18)20-4/h5-8,12H,1,9-10H2,2-4H3,(H,17,19). The van der Waals surface area contributed by atoms with Crippen molar-refractivity contribution in [3.63, 3.8) is 0 Å². The molecule has 0 aromatic heterocycles. The third-order valence-corrected chi connectivity index (χ3v) is 2.94. The lowest BCUT2D eigenvalue weighted by Gasteiger charge is -2.14. The molecule has 0 saturated carbocycles. The van der Waals surface area contributed by atoms with E-state index >= 15 is 0 Å². The number of carbonyl (C=O) groups is 2. The van der Waals surface area contributed by atoms with Crippen LogP contribution in [0.5, 0.6) is 0 Å². The van der Waals surface area contributed by atoms with Crippen LogP contribution >= 0.6 is 0 Å².